The van der Waals surface area contributed by atoms with E-state index in [1.54, 1.807) is 0 Å². The number of rotatable bonds is 9. The second-order valence-corrected chi connectivity index (χ2v) is 18.6. The van der Waals surface area contributed by atoms with Crippen LogP contribution in [0.25, 0.3) is 0 Å². The Bertz CT molecular complexity index is 524. The topological polar surface area (TPSA) is 36.9 Å². The molecule has 246 valence electrons. The van der Waals surface area contributed by atoms with Crippen LogP contribution in [0.15, 0.2) is 0 Å². The van der Waals surface area contributed by atoms with Crippen molar-refractivity contribution in [2.75, 3.05) is 6.61 Å². The van der Waals surface area contributed by atoms with Crippen molar-refractivity contribution in [3.63, 3.8) is 0 Å². The summed E-state index contributed by atoms with van der Waals surface area (Å²) < 4.78 is 23.2. The lowest BCUT2D eigenvalue weighted by atomic mass is 9.89. The second kappa shape index (κ2) is 17.8. The summed E-state index contributed by atoms with van der Waals surface area (Å²) in [5, 5.41) is 0. The molecule has 0 saturated carbocycles. The minimum Gasteiger partial charge on any atom is -0.376 e. The predicted octanol–water partition coefficient (Wildman–Crippen LogP) is 11.3. The zero-order valence-electron chi connectivity index (χ0n) is 31.8. The average Bonchev–Trinajstić information content (AvgIpc) is 2.50. The van der Waals surface area contributed by atoms with Gasteiger partial charge in [0.25, 0.3) is 0 Å². The molecular formula is C36H78O4. The predicted molar refractivity (Wildman–Crippen MR) is 179 cm³/mol. The molecule has 0 aromatic rings. The van der Waals surface area contributed by atoms with E-state index in [1.165, 1.54) is 0 Å². The highest BCUT2D eigenvalue weighted by Crippen LogP contribution is 2.26. The van der Waals surface area contributed by atoms with Gasteiger partial charge < -0.3 is 18.9 Å². The van der Waals surface area contributed by atoms with E-state index in [0.717, 1.165) is 19.3 Å². The summed E-state index contributed by atoms with van der Waals surface area (Å²) in [6.45, 7) is 48.2. The molecule has 4 atom stereocenters. The molecule has 0 unspecified atom stereocenters. The summed E-state index contributed by atoms with van der Waals surface area (Å²) in [4.78, 5) is 0. The van der Waals surface area contributed by atoms with Crippen LogP contribution in [0.5, 0.6) is 0 Å². The molecule has 0 spiro atoms. The number of hydrogen-bond donors (Lipinski definition) is 0. The largest absolute Gasteiger partial charge is 0.376 e. The molecular weight excluding hydrogens is 496 g/mol. The van der Waals surface area contributed by atoms with Crippen LogP contribution < -0.4 is 0 Å². The Morgan fingerprint density at radius 3 is 0.800 bits per heavy atom. The van der Waals surface area contributed by atoms with Gasteiger partial charge in [0.2, 0.25) is 0 Å². The van der Waals surface area contributed by atoms with E-state index in [1.807, 2.05) is 0 Å². The molecule has 0 N–H and O–H groups in total. The molecule has 0 aliphatic rings. The van der Waals surface area contributed by atoms with Crippen LogP contribution in [0, 0.1) is 16.2 Å². The van der Waals surface area contributed by atoms with Crippen molar-refractivity contribution in [3.8, 4) is 0 Å². The average molecular weight is 575 g/mol. The van der Waals surface area contributed by atoms with Gasteiger partial charge in [-0.3, -0.25) is 0 Å². The Hall–Kier alpha value is -0.160. The van der Waals surface area contributed by atoms with Crippen LogP contribution in [0.4, 0.5) is 0 Å². The monoisotopic (exact) mass is 575 g/mol. The van der Waals surface area contributed by atoms with E-state index >= 15 is 0 Å². The van der Waals surface area contributed by atoms with Crippen LogP contribution in [-0.2, 0) is 18.9 Å². The highest BCUT2D eigenvalue weighted by Gasteiger charge is 2.22. The van der Waals surface area contributed by atoms with Gasteiger partial charge >= 0.3 is 0 Å². The molecule has 0 aromatic carbocycles. The first-order chi connectivity index (χ1) is 17.2. The van der Waals surface area contributed by atoms with Crippen LogP contribution in [0.3, 0.4) is 0 Å². The fourth-order valence-electron chi connectivity index (χ4n) is 4.87. The van der Waals surface area contributed by atoms with Gasteiger partial charge in [-0.15, -0.1) is 0 Å². The summed E-state index contributed by atoms with van der Waals surface area (Å²) in [7, 11) is 0. The lowest BCUT2D eigenvalue weighted by Gasteiger charge is -2.29. The van der Waals surface area contributed by atoms with Crippen LogP contribution >= 0.6 is 0 Å². The molecule has 0 saturated heterocycles. The number of ether oxygens (including phenoxy) is 4. The summed E-state index contributed by atoms with van der Waals surface area (Å²) in [5.74, 6) is 0. The summed E-state index contributed by atoms with van der Waals surface area (Å²) >= 11 is 0. The summed E-state index contributed by atoms with van der Waals surface area (Å²) in [6.07, 6.45) is 4.47. The Kier molecular flexibility index (Phi) is 19.7. The van der Waals surface area contributed by atoms with Crippen LogP contribution in [0.1, 0.15) is 172 Å². The Morgan fingerprint density at radius 2 is 0.575 bits per heavy atom. The van der Waals surface area contributed by atoms with Crippen molar-refractivity contribution in [2.24, 2.45) is 16.2 Å². The lowest BCUT2D eigenvalue weighted by molar-refractivity contribution is -0.0983. The summed E-state index contributed by atoms with van der Waals surface area (Å²) in [6, 6.07) is 0. The molecule has 0 amide bonds. The minimum atomic E-state index is -0.0873. The molecule has 0 fully saturated rings. The van der Waals surface area contributed by atoms with Gasteiger partial charge in [0, 0.05) is 0 Å². The zero-order chi connectivity index (χ0) is 33.0. The molecule has 0 aromatic heterocycles. The maximum absolute atomic E-state index is 5.81. The molecule has 0 aliphatic heterocycles. The van der Waals surface area contributed by atoms with E-state index in [4.69, 9.17) is 18.9 Å². The van der Waals surface area contributed by atoms with Crippen molar-refractivity contribution in [1.29, 1.82) is 0 Å². The highest BCUT2D eigenvalue weighted by molar-refractivity contribution is 4.71. The first kappa shape index (κ1) is 44.3. The molecule has 4 heteroatoms. The van der Waals surface area contributed by atoms with E-state index in [9.17, 15) is 0 Å². The van der Waals surface area contributed by atoms with Crippen molar-refractivity contribution < 1.29 is 18.9 Å². The third-order valence-electron chi connectivity index (χ3n) is 4.98. The van der Waals surface area contributed by atoms with Crippen molar-refractivity contribution in [3.05, 3.63) is 0 Å². The van der Waals surface area contributed by atoms with E-state index in [0.29, 0.717) is 41.2 Å². The van der Waals surface area contributed by atoms with Gasteiger partial charge in [0.15, 0.2) is 0 Å². The second-order valence-electron chi connectivity index (χ2n) is 18.6. The van der Waals surface area contributed by atoms with E-state index in [-0.39, 0.29) is 22.9 Å². The van der Waals surface area contributed by atoms with E-state index in [2.05, 4.69) is 152 Å². The van der Waals surface area contributed by atoms with Gasteiger partial charge in [-0.2, -0.15) is 0 Å². The fourth-order valence-corrected chi connectivity index (χ4v) is 4.87. The molecule has 0 bridgehead atoms. The molecule has 0 radical (unpaired) electrons. The van der Waals surface area contributed by atoms with Crippen molar-refractivity contribution in [2.45, 2.75) is 213 Å². The van der Waals surface area contributed by atoms with Crippen molar-refractivity contribution in [1.82, 2.24) is 0 Å². The van der Waals surface area contributed by atoms with Crippen molar-refractivity contribution >= 4 is 0 Å². The third kappa shape index (κ3) is 42.3. The zero-order valence-corrected chi connectivity index (χ0v) is 31.8. The molecule has 40 heavy (non-hydrogen) atoms. The van der Waals surface area contributed by atoms with Gasteiger partial charge in [-0.25, -0.2) is 0 Å². The highest BCUT2D eigenvalue weighted by atomic mass is 16.5. The molecule has 4 nitrogen and oxygen atoms in total. The minimum absolute atomic E-state index is 0.00926. The normalized spacial score (nSPS) is 16.6. The van der Waals surface area contributed by atoms with Gasteiger partial charge in [0.1, 0.15) is 0 Å². The quantitative estimate of drug-likeness (QED) is 0.274. The standard InChI is InChI=1S/C14H30O2.2C11H24O/c1-11(9-13(3,4)5)15-10-12(2)16-14(6,7)8;2*1-9(8-10(2,3)4)12-11(5,6)7/h11-12H,9-10H2,1-8H3;2*9H,8H2,1-7H3/t11-,12+;2*9-/m010/s1. The van der Waals surface area contributed by atoms with Gasteiger partial charge in [-0.05, 0) is 126 Å². The summed E-state index contributed by atoms with van der Waals surface area (Å²) in [5.41, 5.74) is 0.953. The Labute approximate surface area is 254 Å². The lowest BCUT2D eigenvalue weighted by Crippen LogP contribution is -2.30. The van der Waals surface area contributed by atoms with Gasteiger partial charge in [0.05, 0.1) is 47.8 Å². The Morgan fingerprint density at radius 1 is 0.350 bits per heavy atom. The molecule has 0 rings (SSSR count). The Balaban J connectivity index is -0.000000522. The fraction of sp³-hybridized carbons (Fsp3) is 1.00. The molecule has 0 aliphatic carbocycles. The van der Waals surface area contributed by atoms with E-state index < -0.39 is 0 Å². The first-order valence-electron chi connectivity index (χ1n) is 15.8. The maximum atomic E-state index is 5.81. The smallest absolute Gasteiger partial charge is 0.0787 e. The van der Waals surface area contributed by atoms with Crippen LogP contribution in [0.2, 0.25) is 0 Å². The number of hydrogen-bond acceptors (Lipinski definition) is 4. The SMILES string of the molecule is C[C@@H](CC(C)(C)C)OC(C)(C)C.C[C@H](CC(C)(C)C)OC(C)(C)C.C[C@H](CO[C@@H](C)CC(C)(C)C)OC(C)(C)C. The maximum Gasteiger partial charge on any atom is 0.0787 e. The third-order valence-corrected chi connectivity index (χ3v) is 4.98. The van der Waals surface area contributed by atoms with Crippen LogP contribution in [-0.4, -0.2) is 47.8 Å². The van der Waals surface area contributed by atoms with Gasteiger partial charge in [-0.1, -0.05) is 62.3 Å². The molecule has 0 heterocycles. The first-order valence-corrected chi connectivity index (χ1v) is 15.8.